The molecule has 0 aromatic carbocycles. The van der Waals surface area contributed by atoms with E-state index in [9.17, 15) is 9.90 Å². The number of carbonyl (C=O) groups is 1. The lowest BCUT2D eigenvalue weighted by Gasteiger charge is -2.39. The van der Waals surface area contributed by atoms with Crippen molar-refractivity contribution >= 4 is 5.78 Å². The molecule has 0 spiro atoms. The highest BCUT2D eigenvalue weighted by atomic mass is 16.3. The second-order valence-corrected chi connectivity index (χ2v) is 6.64. The third kappa shape index (κ3) is 2.79. The number of hydrogen-bond donors (Lipinski definition) is 1. The highest BCUT2D eigenvalue weighted by Crippen LogP contribution is 2.40. The largest absolute Gasteiger partial charge is 0.382 e. The number of hydrogen-bond acceptors (Lipinski definition) is 2. The molecule has 2 rings (SSSR count). The smallest absolute Gasteiger partial charge is 0.167 e. The number of rotatable bonds is 3. The van der Waals surface area contributed by atoms with E-state index in [-0.39, 0.29) is 11.7 Å². The lowest BCUT2D eigenvalue weighted by molar-refractivity contribution is -0.149. The van der Waals surface area contributed by atoms with E-state index in [2.05, 4.69) is 13.8 Å². The fraction of sp³-hybridized carbons (Fsp3) is 0.938. The summed E-state index contributed by atoms with van der Waals surface area (Å²) < 4.78 is 0. The molecule has 2 heteroatoms. The van der Waals surface area contributed by atoms with Gasteiger partial charge in [0, 0.05) is 5.92 Å². The van der Waals surface area contributed by atoms with Gasteiger partial charge in [-0.1, -0.05) is 33.1 Å². The van der Waals surface area contributed by atoms with Crippen LogP contribution in [-0.2, 0) is 4.79 Å². The van der Waals surface area contributed by atoms with Gasteiger partial charge in [-0.05, 0) is 50.4 Å². The molecule has 2 saturated carbocycles. The SMILES string of the molecule is CCC1CCCCC1C(=O)C1(O)CCC(C)CC1. The fourth-order valence-corrected chi connectivity index (χ4v) is 3.87. The van der Waals surface area contributed by atoms with Crippen molar-refractivity contribution in [1.29, 1.82) is 0 Å². The Labute approximate surface area is 111 Å². The second kappa shape index (κ2) is 5.73. The molecule has 0 aliphatic heterocycles. The van der Waals surface area contributed by atoms with E-state index in [4.69, 9.17) is 0 Å². The maximum absolute atomic E-state index is 12.7. The zero-order valence-electron chi connectivity index (χ0n) is 12.0. The third-order valence-corrected chi connectivity index (χ3v) is 5.33. The van der Waals surface area contributed by atoms with Crippen LogP contribution in [0.25, 0.3) is 0 Å². The summed E-state index contributed by atoms with van der Waals surface area (Å²) in [6.07, 6.45) is 9.10. The molecule has 18 heavy (non-hydrogen) atoms. The van der Waals surface area contributed by atoms with Crippen molar-refractivity contribution in [3.63, 3.8) is 0 Å². The molecule has 1 N–H and O–H groups in total. The molecule has 2 fully saturated rings. The summed E-state index contributed by atoms with van der Waals surface area (Å²) in [6, 6.07) is 0. The minimum atomic E-state index is -0.984. The lowest BCUT2D eigenvalue weighted by Crippen LogP contribution is -2.47. The quantitative estimate of drug-likeness (QED) is 0.831. The van der Waals surface area contributed by atoms with Crippen LogP contribution in [-0.4, -0.2) is 16.5 Å². The average Bonchev–Trinajstić information content (AvgIpc) is 2.41. The van der Waals surface area contributed by atoms with Gasteiger partial charge in [-0.2, -0.15) is 0 Å². The van der Waals surface area contributed by atoms with Crippen LogP contribution in [0.4, 0.5) is 0 Å². The maximum Gasteiger partial charge on any atom is 0.167 e. The molecule has 0 bridgehead atoms. The fourth-order valence-electron chi connectivity index (χ4n) is 3.87. The van der Waals surface area contributed by atoms with Gasteiger partial charge in [0.2, 0.25) is 0 Å². The minimum absolute atomic E-state index is 0.141. The zero-order valence-corrected chi connectivity index (χ0v) is 12.0. The Bertz CT molecular complexity index is 289. The molecule has 2 atom stereocenters. The Balaban J connectivity index is 2.04. The molecule has 104 valence electrons. The van der Waals surface area contributed by atoms with Crippen molar-refractivity contribution in [3.05, 3.63) is 0 Å². The summed E-state index contributed by atoms with van der Waals surface area (Å²) in [4.78, 5) is 12.7. The average molecular weight is 252 g/mol. The van der Waals surface area contributed by atoms with Crippen molar-refractivity contribution in [2.24, 2.45) is 17.8 Å². The van der Waals surface area contributed by atoms with Gasteiger partial charge in [0.25, 0.3) is 0 Å². The maximum atomic E-state index is 12.7. The highest BCUT2D eigenvalue weighted by molar-refractivity contribution is 5.89. The van der Waals surface area contributed by atoms with Crippen LogP contribution in [0.5, 0.6) is 0 Å². The minimum Gasteiger partial charge on any atom is -0.382 e. The predicted molar refractivity (Wildman–Crippen MR) is 73.3 cm³/mol. The van der Waals surface area contributed by atoms with Gasteiger partial charge < -0.3 is 5.11 Å². The summed E-state index contributed by atoms with van der Waals surface area (Å²) in [5, 5.41) is 10.7. The van der Waals surface area contributed by atoms with Gasteiger partial charge in [-0.3, -0.25) is 4.79 Å². The Morgan fingerprint density at radius 1 is 1.17 bits per heavy atom. The first-order chi connectivity index (χ1) is 8.57. The van der Waals surface area contributed by atoms with Crippen LogP contribution in [0.1, 0.15) is 71.6 Å². The van der Waals surface area contributed by atoms with Crippen LogP contribution in [0, 0.1) is 17.8 Å². The number of ketones is 1. The van der Waals surface area contributed by atoms with E-state index >= 15 is 0 Å². The molecule has 0 aromatic heterocycles. The zero-order chi connectivity index (χ0) is 13.2. The monoisotopic (exact) mass is 252 g/mol. The highest BCUT2D eigenvalue weighted by Gasteiger charge is 2.44. The topological polar surface area (TPSA) is 37.3 Å². The Morgan fingerprint density at radius 3 is 2.39 bits per heavy atom. The standard InChI is InChI=1S/C16H28O2/c1-3-13-6-4-5-7-14(13)15(17)16(18)10-8-12(2)9-11-16/h12-14,18H,3-11H2,1-2H3. The summed E-state index contributed by atoms with van der Waals surface area (Å²) in [6.45, 7) is 4.41. The van der Waals surface area contributed by atoms with Crippen LogP contribution < -0.4 is 0 Å². The molecule has 2 unspecified atom stereocenters. The van der Waals surface area contributed by atoms with Crippen molar-refractivity contribution in [2.45, 2.75) is 77.2 Å². The molecule has 2 nitrogen and oxygen atoms in total. The first-order valence-electron chi connectivity index (χ1n) is 7.83. The molecule has 0 radical (unpaired) electrons. The molecule has 0 heterocycles. The normalized spacial score (nSPS) is 41.6. The Hall–Kier alpha value is -0.370. The van der Waals surface area contributed by atoms with E-state index in [1.54, 1.807) is 0 Å². The third-order valence-electron chi connectivity index (χ3n) is 5.33. The van der Waals surface area contributed by atoms with Crippen molar-refractivity contribution in [2.75, 3.05) is 0 Å². The van der Waals surface area contributed by atoms with Crippen LogP contribution in [0.3, 0.4) is 0 Å². The van der Waals surface area contributed by atoms with E-state index in [0.29, 0.717) is 24.7 Å². The molecule has 0 aromatic rings. The number of aliphatic hydroxyl groups is 1. The van der Waals surface area contributed by atoms with Crippen molar-refractivity contribution < 1.29 is 9.90 Å². The van der Waals surface area contributed by atoms with Crippen LogP contribution in [0.15, 0.2) is 0 Å². The first kappa shape index (κ1) is 14.0. The van der Waals surface area contributed by atoms with Crippen LogP contribution in [0.2, 0.25) is 0 Å². The van der Waals surface area contributed by atoms with E-state index in [1.165, 1.54) is 19.3 Å². The summed E-state index contributed by atoms with van der Waals surface area (Å²) >= 11 is 0. The molecule has 2 aliphatic carbocycles. The van der Waals surface area contributed by atoms with Gasteiger partial charge in [0.1, 0.15) is 5.60 Å². The van der Waals surface area contributed by atoms with Gasteiger partial charge in [0.05, 0.1) is 0 Å². The summed E-state index contributed by atoms with van der Waals surface area (Å²) in [5.41, 5.74) is -0.984. The molecular weight excluding hydrogens is 224 g/mol. The van der Waals surface area contributed by atoms with E-state index in [0.717, 1.165) is 25.7 Å². The molecule has 0 saturated heterocycles. The van der Waals surface area contributed by atoms with E-state index < -0.39 is 5.60 Å². The predicted octanol–water partition coefficient (Wildman–Crippen LogP) is 3.71. The first-order valence-corrected chi connectivity index (χ1v) is 7.83. The van der Waals surface area contributed by atoms with Crippen LogP contribution >= 0.6 is 0 Å². The molecular formula is C16H28O2. The van der Waals surface area contributed by atoms with E-state index in [1.807, 2.05) is 0 Å². The van der Waals surface area contributed by atoms with Crippen molar-refractivity contribution in [1.82, 2.24) is 0 Å². The summed E-state index contributed by atoms with van der Waals surface area (Å²) in [7, 11) is 0. The van der Waals surface area contributed by atoms with Gasteiger partial charge in [-0.15, -0.1) is 0 Å². The number of carbonyl (C=O) groups excluding carboxylic acids is 1. The molecule has 0 amide bonds. The molecule has 2 aliphatic rings. The van der Waals surface area contributed by atoms with Gasteiger partial charge in [-0.25, -0.2) is 0 Å². The Kier molecular flexibility index (Phi) is 4.47. The lowest BCUT2D eigenvalue weighted by atomic mass is 9.67. The number of Topliss-reactive ketones (excluding diaryl/α,β-unsaturated/α-hetero) is 1. The summed E-state index contributed by atoms with van der Waals surface area (Å²) in [5.74, 6) is 1.52. The second-order valence-electron chi connectivity index (χ2n) is 6.64. The Morgan fingerprint density at radius 2 is 1.78 bits per heavy atom. The van der Waals surface area contributed by atoms with Gasteiger partial charge in [0.15, 0.2) is 5.78 Å². The van der Waals surface area contributed by atoms with Crippen molar-refractivity contribution in [3.8, 4) is 0 Å². The van der Waals surface area contributed by atoms with Gasteiger partial charge >= 0.3 is 0 Å².